The zero-order valence-electron chi connectivity index (χ0n) is 9.78. The molecular formula is C10H22N2OS. The van der Waals surface area contributed by atoms with Crippen molar-refractivity contribution < 1.29 is 4.79 Å². The minimum atomic E-state index is -0.371. The SMILES string of the molecule is CSCC(C)N(C)C(=O)[C@H](N)C(C)C. The molecule has 0 heterocycles. The lowest BCUT2D eigenvalue weighted by atomic mass is 10.0. The number of thioether (sulfide) groups is 1. The molecule has 4 heteroatoms. The smallest absolute Gasteiger partial charge is 0.239 e. The largest absolute Gasteiger partial charge is 0.341 e. The highest BCUT2D eigenvalue weighted by atomic mass is 32.2. The molecule has 0 aromatic carbocycles. The summed E-state index contributed by atoms with van der Waals surface area (Å²) in [5, 5.41) is 0. The summed E-state index contributed by atoms with van der Waals surface area (Å²) >= 11 is 1.74. The fraction of sp³-hybridized carbons (Fsp3) is 0.900. The second-order valence-corrected chi connectivity index (χ2v) is 4.93. The van der Waals surface area contributed by atoms with Crippen molar-refractivity contribution in [3.8, 4) is 0 Å². The van der Waals surface area contributed by atoms with Crippen LogP contribution in [0.3, 0.4) is 0 Å². The summed E-state index contributed by atoms with van der Waals surface area (Å²) in [6.45, 7) is 5.98. The van der Waals surface area contributed by atoms with Gasteiger partial charge in [0.25, 0.3) is 0 Å². The number of nitrogens with two attached hydrogens (primary N) is 1. The summed E-state index contributed by atoms with van der Waals surface area (Å²) in [6.07, 6.45) is 2.04. The van der Waals surface area contributed by atoms with E-state index in [9.17, 15) is 4.79 Å². The first-order valence-electron chi connectivity index (χ1n) is 4.93. The predicted octanol–water partition coefficient (Wildman–Crippen LogP) is 1.18. The van der Waals surface area contributed by atoms with E-state index in [4.69, 9.17) is 5.73 Å². The molecular weight excluding hydrogens is 196 g/mol. The van der Waals surface area contributed by atoms with E-state index in [0.717, 1.165) is 5.75 Å². The number of amides is 1. The molecule has 0 fully saturated rings. The summed E-state index contributed by atoms with van der Waals surface area (Å²) < 4.78 is 0. The highest BCUT2D eigenvalue weighted by Crippen LogP contribution is 2.08. The predicted molar refractivity (Wildman–Crippen MR) is 63.4 cm³/mol. The number of hydrogen-bond acceptors (Lipinski definition) is 3. The Bertz CT molecular complexity index is 185. The molecule has 0 rings (SSSR count). The Balaban J connectivity index is 4.23. The Hall–Kier alpha value is -0.220. The number of carbonyl (C=O) groups is 1. The van der Waals surface area contributed by atoms with Gasteiger partial charge in [-0.3, -0.25) is 4.79 Å². The third-order valence-electron chi connectivity index (χ3n) is 2.42. The lowest BCUT2D eigenvalue weighted by Crippen LogP contribution is -2.48. The standard InChI is InChI=1S/C10H22N2OS/c1-7(2)9(11)10(13)12(4)8(3)6-14-5/h7-9H,6,11H2,1-5H3/t8?,9-/m1/s1. The third-order valence-corrected chi connectivity index (χ3v) is 3.24. The van der Waals surface area contributed by atoms with Gasteiger partial charge in [-0.2, -0.15) is 11.8 Å². The van der Waals surface area contributed by atoms with Gasteiger partial charge in [-0.15, -0.1) is 0 Å². The van der Waals surface area contributed by atoms with Gasteiger partial charge in [-0.05, 0) is 19.1 Å². The fourth-order valence-electron chi connectivity index (χ4n) is 1.09. The maximum Gasteiger partial charge on any atom is 0.239 e. The van der Waals surface area contributed by atoms with Gasteiger partial charge in [0, 0.05) is 18.8 Å². The molecule has 0 aliphatic rings. The van der Waals surface area contributed by atoms with Gasteiger partial charge in [-0.25, -0.2) is 0 Å². The van der Waals surface area contributed by atoms with Crippen molar-refractivity contribution in [2.45, 2.75) is 32.9 Å². The molecule has 2 atom stereocenters. The van der Waals surface area contributed by atoms with Crippen molar-refractivity contribution >= 4 is 17.7 Å². The monoisotopic (exact) mass is 218 g/mol. The van der Waals surface area contributed by atoms with Crippen LogP contribution in [0.2, 0.25) is 0 Å². The lowest BCUT2D eigenvalue weighted by Gasteiger charge is -2.28. The summed E-state index contributed by atoms with van der Waals surface area (Å²) in [4.78, 5) is 13.5. The van der Waals surface area contributed by atoms with Crippen molar-refractivity contribution in [2.24, 2.45) is 11.7 Å². The summed E-state index contributed by atoms with van der Waals surface area (Å²) in [5.74, 6) is 1.19. The minimum Gasteiger partial charge on any atom is -0.341 e. The molecule has 0 aliphatic carbocycles. The van der Waals surface area contributed by atoms with E-state index in [1.807, 2.05) is 34.1 Å². The van der Waals surface area contributed by atoms with Gasteiger partial charge in [0.15, 0.2) is 0 Å². The maximum atomic E-state index is 11.8. The first-order chi connectivity index (χ1) is 6.41. The van der Waals surface area contributed by atoms with Crippen LogP contribution in [0.15, 0.2) is 0 Å². The molecule has 0 bridgehead atoms. The van der Waals surface area contributed by atoms with Gasteiger partial charge >= 0.3 is 0 Å². The molecule has 84 valence electrons. The first kappa shape index (κ1) is 13.8. The summed E-state index contributed by atoms with van der Waals surface area (Å²) in [7, 11) is 1.82. The van der Waals surface area contributed by atoms with Crippen molar-refractivity contribution in [3.05, 3.63) is 0 Å². The topological polar surface area (TPSA) is 46.3 Å². The van der Waals surface area contributed by atoms with Gasteiger partial charge in [-0.1, -0.05) is 13.8 Å². The van der Waals surface area contributed by atoms with Gasteiger partial charge in [0.05, 0.1) is 6.04 Å². The molecule has 0 aromatic heterocycles. The first-order valence-corrected chi connectivity index (χ1v) is 6.32. The van der Waals surface area contributed by atoms with Crippen LogP contribution >= 0.6 is 11.8 Å². The molecule has 0 radical (unpaired) electrons. The van der Waals surface area contributed by atoms with E-state index < -0.39 is 0 Å². The normalized spacial score (nSPS) is 15.4. The zero-order chi connectivity index (χ0) is 11.3. The zero-order valence-corrected chi connectivity index (χ0v) is 10.6. The Kier molecular flexibility index (Phi) is 6.20. The van der Waals surface area contributed by atoms with Gasteiger partial charge < -0.3 is 10.6 Å². The molecule has 1 unspecified atom stereocenters. The van der Waals surface area contributed by atoms with Crippen LogP contribution in [-0.4, -0.2) is 41.9 Å². The second-order valence-electron chi connectivity index (χ2n) is 4.02. The van der Waals surface area contributed by atoms with Crippen LogP contribution in [0.1, 0.15) is 20.8 Å². The highest BCUT2D eigenvalue weighted by Gasteiger charge is 2.23. The number of likely N-dealkylation sites (N-methyl/N-ethyl adjacent to an activating group) is 1. The highest BCUT2D eigenvalue weighted by molar-refractivity contribution is 7.98. The molecule has 2 N–H and O–H groups in total. The van der Waals surface area contributed by atoms with Gasteiger partial charge in [0.1, 0.15) is 0 Å². The van der Waals surface area contributed by atoms with Crippen LogP contribution in [0.4, 0.5) is 0 Å². The number of nitrogens with zero attached hydrogens (tertiary/aromatic N) is 1. The molecule has 14 heavy (non-hydrogen) atoms. The summed E-state index contributed by atoms with van der Waals surface area (Å²) in [5.41, 5.74) is 5.80. The molecule has 0 spiro atoms. The molecule has 0 saturated carbocycles. The maximum absolute atomic E-state index is 11.8. The Morgan fingerprint density at radius 3 is 2.29 bits per heavy atom. The Morgan fingerprint density at radius 1 is 1.43 bits per heavy atom. The van der Waals surface area contributed by atoms with Gasteiger partial charge in [0.2, 0.25) is 5.91 Å². The van der Waals surface area contributed by atoms with Crippen molar-refractivity contribution in [1.82, 2.24) is 4.90 Å². The van der Waals surface area contributed by atoms with Crippen LogP contribution in [0.25, 0.3) is 0 Å². The van der Waals surface area contributed by atoms with Crippen LogP contribution in [0.5, 0.6) is 0 Å². The molecule has 0 aliphatic heterocycles. The lowest BCUT2D eigenvalue weighted by molar-refractivity contribution is -0.133. The molecule has 1 amide bonds. The van der Waals surface area contributed by atoms with E-state index in [1.54, 1.807) is 16.7 Å². The van der Waals surface area contributed by atoms with E-state index >= 15 is 0 Å². The minimum absolute atomic E-state index is 0.0431. The third kappa shape index (κ3) is 3.88. The van der Waals surface area contributed by atoms with Crippen LogP contribution in [-0.2, 0) is 4.79 Å². The average molecular weight is 218 g/mol. The fourth-order valence-corrected chi connectivity index (χ4v) is 1.80. The van der Waals surface area contributed by atoms with Crippen molar-refractivity contribution in [2.75, 3.05) is 19.1 Å². The number of carbonyl (C=O) groups excluding carboxylic acids is 1. The quantitative estimate of drug-likeness (QED) is 0.754. The van der Waals surface area contributed by atoms with Crippen molar-refractivity contribution in [1.29, 1.82) is 0 Å². The second kappa shape index (κ2) is 6.30. The van der Waals surface area contributed by atoms with Crippen LogP contribution in [0, 0.1) is 5.92 Å². The Labute approximate surface area is 91.4 Å². The average Bonchev–Trinajstić information content (AvgIpc) is 2.14. The van der Waals surface area contributed by atoms with E-state index in [2.05, 4.69) is 0 Å². The Morgan fingerprint density at radius 2 is 1.93 bits per heavy atom. The number of hydrogen-bond donors (Lipinski definition) is 1. The van der Waals surface area contributed by atoms with E-state index in [0.29, 0.717) is 0 Å². The molecule has 0 aromatic rings. The summed E-state index contributed by atoms with van der Waals surface area (Å²) in [6, 6.07) is -0.119. The molecule has 0 saturated heterocycles. The van der Waals surface area contributed by atoms with E-state index in [-0.39, 0.29) is 23.9 Å². The molecule has 3 nitrogen and oxygen atoms in total. The van der Waals surface area contributed by atoms with Crippen LogP contribution < -0.4 is 5.73 Å². The van der Waals surface area contributed by atoms with Crippen molar-refractivity contribution in [3.63, 3.8) is 0 Å². The number of rotatable bonds is 5. The van der Waals surface area contributed by atoms with E-state index in [1.165, 1.54) is 0 Å².